The molecule has 0 bridgehead atoms. The van der Waals surface area contributed by atoms with Gasteiger partial charge in [0, 0.05) is 28.7 Å². The van der Waals surface area contributed by atoms with Crippen LogP contribution in [0.3, 0.4) is 0 Å². The molecule has 2 N–H and O–H groups in total. The zero-order chi connectivity index (χ0) is 24.6. The number of carbonyl (C=O) groups excluding carboxylic acids is 3. The first-order valence-electron chi connectivity index (χ1n) is 10.9. The minimum Gasteiger partial charge on any atom is -0.451 e. The predicted molar refractivity (Wildman–Crippen MR) is 129 cm³/mol. The van der Waals surface area contributed by atoms with Crippen molar-refractivity contribution < 1.29 is 23.6 Å². The van der Waals surface area contributed by atoms with Crippen LogP contribution in [0.5, 0.6) is 0 Å². The quantitative estimate of drug-likeness (QED) is 0.360. The van der Waals surface area contributed by atoms with Crippen LogP contribution in [0.25, 0.3) is 11.0 Å². The number of pyridine rings is 1. The van der Waals surface area contributed by atoms with E-state index in [1.54, 1.807) is 42.6 Å². The number of hydrogen-bond donors (Lipinski definition) is 2. The minimum absolute atomic E-state index is 0.0148. The van der Waals surface area contributed by atoms with Crippen LogP contribution >= 0.6 is 11.6 Å². The molecule has 4 rings (SSSR count). The van der Waals surface area contributed by atoms with Crippen molar-refractivity contribution in [3.63, 3.8) is 0 Å². The fourth-order valence-electron chi connectivity index (χ4n) is 3.41. The molecule has 0 saturated heterocycles. The Balaban J connectivity index is 1.40. The molecule has 2 aromatic carbocycles. The Hall–Kier alpha value is -4.17. The van der Waals surface area contributed by atoms with Crippen LogP contribution in [0.15, 0.2) is 83.4 Å². The minimum atomic E-state index is -1.07. The fraction of sp³-hybridized carbons (Fsp3) is 0.154. The van der Waals surface area contributed by atoms with Crippen LogP contribution in [-0.4, -0.2) is 28.8 Å². The first kappa shape index (κ1) is 24.0. The molecule has 0 unspecified atom stereocenters. The Morgan fingerprint density at radius 2 is 1.80 bits per heavy atom. The van der Waals surface area contributed by atoms with Crippen molar-refractivity contribution in [2.45, 2.75) is 25.3 Å². The number of carbonyl (C=O) groups is 3. The number of rotatable bonds is 8. The summed E-state index contributed by atoms with van der Waals surface area (Å²) in [4.78, 5) is 46.9. The summed E-state index contributed by atoms with van der Waals surface area (Å²) in [6.45, 7) is 0. The monoisotopic (exact) mass is 491 g/mol. The Morgan fingerprint density at radius 1 is 1.00 bits per heavy atom. The van der Waals surface area contributed by atoms with E-state index >= 15 is 0 Å². The third-order valence-corrected chi connectivity index (χ3v) is 5.42. The molecule has 0 saturated carbocycles. The zero-order valence-corrected chi connectivity index (χ0v) is 19.3. The van der Waals surface area contributed by atoms with E-state index in [-0.39, 0.29) is 18.6 Å². The molecule has 2 heterocycles. The number of nitrogens with zero attached hydrogens (tertiary/aromatic N) is 1. The summed E-state index contributed by atoms with van der Waals surface area (Å²) in [5.41, 5.74) is 4.18. The Bertz CT molecular complexity index is 1320. The van der Waals surface area contributed by atoms with Crippen molar-refractivity contribution in [1.29, 1.82) is 0 Å². The molecule has 4 aromatic rings. The van der Waals surface area contributed by atoms with Gasteiger partial charge in [0.1, 0.15) is 11.6 Å². The molecule has 0 spiro atoms. The fourth-order valence-corrected chi connectivity index (χ4v) is 3.59. The van der Waals surface area contributed by atoms with E-state index < -0.39 is 23.8 Å². The summed E-state index contributed by atoms with van der Waals surface area (Å²) in [5.74, 6) is -1.89. The van der Waals surface area contributed by atoms with Crippen molar-refractivity contribution in [2.24, 2.45) is 0 Å². The van der Waals surface area contributed by atoms with Crippen molar-refractivity contribution in [1.82, 2.24) is 15.8 Å². The van der Waals surface area contributed by atoms with E-state index in [2.05, 4.69) is 15.8 Å². The summed E-state index contributed by atoms with van der Waals surface area (Å²) in [6, 6.07) is 20.1. The lowest BCUT2D eigenvalue weighted by Gasteiger charge is -2.17. The molecule has 178 valence electrons. The lowest BCUT2D eigenvalue weighted by molar-refractivity contribution is -0.158. The van der Waals surface area contributed by atoms with Gasteiger partial charge >= 0.3 is 5.97 Å². The third-order valence-electron chi connectivity index (χ3n) is 5.19. The molecule has 0 radical (unpaired) electrons. The third kappa shape index (κ3) is 6.68. The lowest BCUT2D eigenvalue weighted by Crippen LogP contribution is -2.48. The van der Waals surface area contributed by atoms with Gasteiger partial charge in [0.2, 0.25) is 0 Å². The Kier molecular flexibility index (Phi) is 7.74. The van der Waals surface area contributed by atoms with E-state index in [1.807, 2.05) is 30.3 Å². The van der Waals surface area contributed by atoms with Gasteiger partial charge in [-0.15, -0.1) is 0 Å². The summed E-state index contributed by atoms with van der Waals surface area (Å²) >= 11 is 6.00. The van der Waals surface area contributed by atoms with Gasteiger partial charge in [-0.1, -0.05) is 48.0 Å². The van der Waals surface area contributed by atoms with Crippen LogP contribution in [-0.2, 0) is 27.3 Å². The number of aromatic nitrogens is 1. The number of hydrogen-bond acceptors (Lipinski definition) is 6. The number of halogens is 1. The highest BCUT2D eigenvalue weighted by molar-refractivity contribution is 6.31. The number of aryl methyl sites for hydroxylation is 1. The molecule has 2 amide bonds. The number of amides is 2. The SMILES string of the molecule is O=C(CCc1ccccc1)ONC(=O)[C@H](Cc1ccccn1)NC(=O)c1cc2cc(Cl)ccc2o1. The molecule has 35 heavy (non-hydrogen) atoms. The number of fused-ring (bicyclic) bond motifs is 1. The lowest BCUT2D eigenvalue weighted by atomic mass is 10.1. The van der Waals surface area contributed by atoms with Crippen LogP contribution in [0.1, 0.15) is 28.2 Å². The van der Waals surface area contributed by atoms with Crippen molar-refractivity contribution in [3.8, 4) is 0 Å². The molecule has 0 aliphatic carbocycles. The van der Waals surface area contributed by atoms with Gasteiger partial charge in [-0.25, -0.2) is 4.79 Å². The number of nitrogens with one attached hydrogen (secondary N) is 2. The first-order chi connectivity index (χ1) is 17.0. The predicted octanol–water partition coefficient (Wildman–Crippen LogP) is 4.03. The topological polar surface area (TPSA) is 111 Å². The van der Waals surface area contributed by atoms with E-state index in [0.29, 0.717) is 28.1 Å². The van der Waals surface area contributed by atoms with E-state index in [0.717, 1.165) is 5.56 Å². The van der Waals surface area contributed by atoms with Gasteiger partial charge in [0.25, 0.3) is 11.8 Å². The second kappa shape index (κ2) is 11.3. The summed E-state index contributed by atoms with van der Waals surface area (Å²) < 4.78 is 5.58. The molecule has 2 aromatic heterocycles. The number of hydroxylamine groups is 1. The molecule has 0 fully saturated rings. The highest BCUT2D eigenvalue weighted by atomic mass is 35.5. The Labute approximate surface area is 206 Å². The van der Waals surface area contributed by atoms with Gasteiger partial charge in [0.05, 0.1) is 6.42 Å². The van der Waals surface area contributed by atoms with Crippen molar-refractivity contribution >= 4 is 40.4 Å². The standard InChI is InChI=1S/C26H22ClN3O5/c27-19-10-11-22-18(14-19)15-23(34-22)26(33)29-21(16-20-8-4-5-13-28-20)25(32)30-35-24(31)12-9-17-6-2-1-3-7-17/h1-8,10-11,13-15,21H,9,12,16H2,(H,29,33)(H,30,32)/t21-/m0/s1. The van der Waals surface area contributed by atoms with E-state index in [9.17, 15) is 14.4 Å². The van der Waals surface area contributed by atoms with E-state index in [1.165, 1.54) is 6.07 Å². The molecule has 0 aliphatic rings. The maximum atomic E-state index is 12.9. The van der Waals surface area contributed by atoms with Gasteiger partial charge in [-0.3, -0.25) is 14.6 Å². The van der Waals surface area contributed by atoms with Gasteiger partial charge in [0.15, 0.2) is 5.76 Å². The van der Waals surface area contributed by atoms with Gasteiger partial charge < -0.3 is 14.6 Å². The maximum Gasteiger partial charge on any atom is 0.332 e. The summed E-state index contributed by atoms with van der Waals surface area (Å²) in [5, 5.41) is 3.79. The Morgan fingerprint density at radius 3 is 2.57 bits per heavy atom. The number of benzene rings is 2. The molecular weight excluding hydrogens is 470 g/mol. The average molecular weight is 492 g/mol. The normalized spacial score (nSPS) is 11.6. The zero-order valence-electron chi connectivity index (χ0n) is 18.6. The van der Waals surface area contributed by atoms with Crippen LogP contribution in [0.4, 0.5) is 0 Å². The van der Waals surface area contributed by atoms with Gasteiger partial charge in [-0.2, -0.15) is 5.48 Å². The number of furan rings is 1. The second-order valence-electron chi connectivity index (χ2n) is 7.77. The second-order valence-corrected chi connectivity index (χ2v) is 8.21. The average Bonchev–Trinajstić information content (AvgIpc) is 3.30. The van der Waals surface area contributed by atoms with Gasteiger partial charge in [-0.05, 0) is 48.4 Å². The van der Waals surface area contributed by atoms with E-state index in [4.69, 9.17) is 20.9 Å². The molecular formula is C26H22ClN3O5. The summed E-state index contributed by atoms with van der Waals surface area (Å²) in [7, 11) is 0. The summed E-state index contributed by atoms with van der Waals surface area (Å²) in [6.07, 6.45) is 2.22. The molecule has 1 atom stereocenters. The maximum absolute atomic E-state index is 12.9. The molecule has 9 heteroatoms. The molecule has 0 aliphatic heterocycles. The van der Waals surface area contributed by atoms with Crippen LogP contribution in [0, 0.1) is 0 Å². The van der Waals surface area contributed by atoms with Crippen molar-refractivity contribution in [2.75, 3.05) is 0 Å². The van der Waals surface area contributed by atoms with Crippen molar-refractivity contribution in [3.05, 3.63) is 101 Å². The van der Waals surface area contributed by atoms with Crippen LogP contribution < -0.4 is 10.8 Å². The molecule has 8 nitrogen and oxygen atoms in total. The highest BCUT2D eigenvalue weighted by Crippen LogP contribution is 2.23. The van der Waals surface area contributed by atoms with Crippen LogP contribution in [0.2, 0.25) is 5.02 Å². The highest BCUT2D eigenvalue weighted by Gasteiger charge is 2.25. The first-order valence-corrected chi connectivity index (χ1v) is 11.3. The smallest absolute Gasteiger partial charge is 0.332 e. The largest absolute Gasteiger partial charge is 0.451 e.